The van der Waals surface area contributed by atoms with Crippen LogP contribution in [0.4, 0.5) is 5.82 Å². The Hall–Kier alpha value is -1.30. The quantitative estimate of drug-likeness (QED) is 0.807. The van der Waals surface area contributed by atoms with Gasteiger partial charge in [0.25, 0.3) is 0 Å². The second-order valence-electron chi connectivity index (χ2n) is 4.50. The van der Waals surface area contributed by atoms with Crippen molar-refractivity contribution in [2.75, 3.05) is 11.9 Å². The average molecular weight is 343 g/mol. The largest absolute Gasteiger partial charge is 0.362 e. The molecule has 0 aliphatic heterocycles. The van der Waals surface area contributed by atoms with E-state index in [0.717, 1.165) is 18.5 Å². The first-order valence-corrected chi connectivity index (χ1v) is 7.77. The number of rotatable bonds is 5. The number of anilines is 1. The Morgan fingerprint density at radius 1 is 1.29 bits per heavy atom. The summed E-state index contributed by atoms with van der Waals surface area (Å²) >= 11 is 17.5. The molecule has 0 radical (unpaired) electrons. The normalized spacial score (nSPS) is 10.4. The van der Waals surface area contributed by atoms with E-state index >= 15 is 0 Å². The van der Waals surface area contributed by atoms with Crippen LogP contribution in [0.15, 0.2) is 30.5 Å². The highest BCUT2D eigenvalue weighted by Crippen LogP contribution is 2.21. The van der Waals surface area contributed by atoms with Crippen molar-refractivity contribution in [3.8, 4) is 0 Å². The zero-order chi connectivity index (χ0) is 15.2. The van der Waals surface area contributed by atoms with E-state index in [1.54, 1.807) is 10.9 Å². The van der Waals surface area contributed by atoms with Gasteiger partial charge in [0.2, 0.25) is 0 Å². The monoisotopic (exact) mass is 342 g/mol. The minimum Gasteiger partial charge on any atom is -0.362 e. The predicted molar refractivity (Wildman–Crippen MR) is 92.3 cm³/mol. The average Bonchev–Trinajstić information content (AvgIpc) is 2.79. The van der Waals surface area contributed by atoms with Crippen LogP contribution in [0.5, 0.6) is 0 Å². The first-order chi connectivity index (χ1) is 10.1. The molecule has 1 heterocycles. The molecule has 21 heavy (non-hydrogen) atoms. The van der Waals surface area contributed by atoms with Crippen LogP contribution in [0.2, 0.25) is 10.0 Å². The second-order valence-corrected chi connectivity index (χ2v) is 5.72. The molecule has 0 saturated carbocycles. The van der Waals surface area contributed by atoms with E-state index in [4.69, 9.17) is 35.4 Å². The summed E-state index contributed by atoms with van der Waals surface area (Å²) in [6.45, 7) is 3.43. The standard InChI is InChI=1S/C14H16Cl2N4S/c1-2-7-17-14(21)18-13-12(16)9-20(19-13)8-10-5-3-4-6-11(10)15/h3-6,9H,2,7-8H2,1H3,(H2,17,18,19,21). The third-order valence-corrected chi connectivity index (χ3v) is 3.67. The van der Waals surface area contributed by atoms with E-state index in [2.05, 4.69) is 22.7 Å². The first-order valence-electron chi connectivity index (χ1n) is 6.61. The molecule has 0 bridgehead atoms. The molecule has 0 spiro atoms. The van der Waals surface area contributed by atoms with Gasteiger partial charge in [0, 0.05) is 17.8 Å². The number of nitrogens with zero attached hydrogens (tertiary/aromatic N) is 2. The number of halogens is 2. The van der Waals surface area contributed by atoms with Crippen molar-refractivity contribution in [3.05, 3.63) is 46.1 Å². The number of hydrogen-bond donors (Lipinski definition) is 2. The van der Waals surface area contributed by atoms with Gasteiger partial charge in [-0.05, 0) is 30.3 Å². The van der Waals surface area contributed by atoms with Crippen molar-refractivity contribution in [2.45, 2.75) is 19.9 Å². The maximum atomic E-state index is 6.16. The van der Waals surface area contributed by atoms with E-state index in [9.17, 15) is 0 Å². The van der Waals surface area contributed by atoms with Crippen LogP contribution in [-0.4, -0.2) is 21.4 Å². The van der Waals surface area contributed by atoms with Crippen molar-refractivity contribution in [1.29, 1.82) is 0 Å². The minimum atomic E-state index is 0.516. The Morgan fingerprint density at radius 3 is 2.76 bits per heavy atom. The van der Waals surface area contributed by atoms with Gasteiger partial charge >= 0.3 is 0 Å². The fraction of sp³-hybridized carbons (Fsp3) is 0.286. The summed E-state index contributed by atoms with van der Waals surface area (Å²) < 4.78 is 1.73. The molecule has 1 aromatic heterocycles. The van der Waals surface area contributed by atoms with Crippen LogP contribution in [0, 0.1) is 0 Å². The lowest BCUT2D eigenvalue weighted by Gasteiger charge is -2.07. The molecule has 1 aromatic carbocycles. The van der Waals surface area contributed by atoms with Gasteiger partial charge in [-0.25, -0.2) is 0 Å². The van der Waals surface area contributed by atoms with Crippen LogP contribution in [0.3, 0.4) is 0 Å². The van der Waals surface area contributed by atoms with Crippen molar-refractivity contribution in [3.63, 3.8) is 0 Å². The van der Waals surface area contributed by atoms with Crippen LogP contribution in [-0.2, 0) is 6.54 Å². The SMILES string of the molecule is CCCNC(=S)Nc1nn(Cc2ccccc2Cl)cc1Cl. The van der Waals surface area contributed by atoms with Gasteiger partial charge in [-0.2, -0.15) is 5.10 Å². The van der Waals surface area contributed by atoms with Crippen molar-refractivity contribution >= 4 is 46.4 Å². The number of nitrogens with one attached hydrogen (secondary N) is 2. The van der Waals surface area contributed by atoms with Crippen molar-refractivity contribution in [1.82, 2.24) is 15.1 Å². The number of hydrogen-bond acceptors (Lipinski definition) is 2. The van der Waals surface area contributed by atoms with Gasteiger partial charge in [0.1, 0.15) is 5.02 Å². The Bertz CT molecular complexity index is 627. The van der Waals surface area contributed by atoms with Crippen molar-refractivity contribution < 1.29 is 0 Å². The fourth-order valence-corrected chi connectivity index (χ4v) is 2.35. The molecular formula is C14H16Cl2N4S. The highest BCUT2D eigenvalue weighted by molar-refractivity contribution is 7.80. The lowest BCUT2D eigenvalue weighted by molar-refractivity contribution is 0.690. The van der Waals surface area contributed by atoms with Gasteiger partial charge in [-0.1, -0.05) is 48.3 Å². The van der Waals surface area contributed by atoms with Crippen LogP contribution < -0.4 is 10.6 Å². The Balaban J connectivity index is 2.05. The summed E-state index contributed by atoms with van der Waals surface area (Å²) in [6.07, 6.45) is 2.74. The number of aromatic nitrogens is 2. The molecule has 4 nitrogen and oxygen atoms in total. The molecule has 0 atom stereocenters. The van der Waals surface area contributed by atoms with Gasteiger partial charge in [-0.15, -0.1) is 0 Å². The Kier molecular flexibility index (Phi) is 5.85. The zero-order valence-electron chi connectivity index (χ0n) is 11.6. The van der Waals surface area contributed by atoms with Gasteiger partial charge < -0.3 is 10.6 Å². The van der Waals surface area contributed by atoms with Gasteiger partial charge in [0.15, 0.2) is 10.9 Å². The van der Waals surface area contributed by atoms with Gasteiger partial charge in [-0.3, -0.25) is 4.68 Å². The minimum absolute atomic E-state index is 0.516. The lowest BCUT2D eigenvalue weighted by atomic mass is 10.2. The molecule has 2 rings (SSSR count). The number of thiocarbonyl (C=S) groups is 1. The third kappa shape index (κ3) is 4.59. The summed E-state index contributed by atoms with van der Waals surface area (Å²) in [5.41, 5.74) is 0.983. The second kappa shape index (κ2) is 7.64. The Morgan fingerprint density at radius 2 is 2.05 bits per heavy atom. The third-order valence-electron chi connectivity index (χ3n) is 2.77. The van der Waals surface area contributed by atoms with E-state index in [-0.39, 0.29) is 0 Å². The molecule has 0 amide bonds. The molecule has 0 fully saturated rings. The van der Waals surface area contributed by atoms with E-state index in [1.807, 2.05) is 24.3 Å². The molecule has 7 heteroatoms. The first kappa shape index (κ1) is 16.1. The summed E-state index contributed by atoms with van der Waals surface area (Å²) in [5, 5.41) is 12.2. The maximum absolute atomic E-state index is 6.16. The van der Waals surface area contributed by atoms with E-state index in [1.165, 1.54) is 0 Å². The Labute approximate surface area is 139 Å². The molecule has 0 saturated heterocycles. The molecule has 0 aliphatic rings. The molecular weight excluding hydrogens is 327 g/mol. The van der Waals surface area contributed by atoms with Crippen LogP contribution in [0.25, 0.3) is 0 Å². The summed E-state index contributed by atoms with van der Waals surface area (Å²) in [4.78, 5) is 0. The topological polar surface area (TPSA) is 41.9 Å². The molecule has 2 aromatic rings. The van der Waals surface area contributed by atoms with Crippen LogP contribution in [0.1, 0.15) is 18.9 Å². The highest BCUT2D eigenvalue weighted by atomic mass is 35.5. The highest BCUT2D eigenvalue weighted by Gasteiger charge is 2.09. The zero-order valence-corrected chi connectivity index (χ0v) is 13.9. The van der Waals surface area contributed by atoms with Gasteiger partial charge in [0.05, 0.1) is 6.54 Å². The molecule has 2 N–H and O–H groups in total. The molecule has 0 unspecified atom stereocenters. The number of benzene rings is 1. The fourth-order valence-electron chi connectivity index (χ4n) is 1.75. The van der Waals surface area contributed by atoms with E-state index < -0.39 is 0 Å². The maximum Gasteiger partial charge on any atom is 0.173 e. The summed E-state index contributed by atoms with van der Waals surface area (Å²) in [5.74, 6) is 0.539. The van der Waals surface area contributed by atoms with Crippen molar-refractivity contribution in [2.24, 2.45) is 0 Å². The smallest absolute Gasteiger partial charge is 0.173 e. The lowest BCUT2D eigenvalue weighted by Crippen LogP contribution is -2.29. The van der Waals surface area contributed by atoms with E-state index in [0.29, 0.717) is 27.5 Å². The summed E-state index contributed by atoms with van der Waals surface area (Å²) in [7, 11) is 0. The van der Waals surface area contributed by atoms with Crippen LogP contribution >= 0.6 is 35.4 Å². The predicted octanol–water partition coefficient (Wildman–Crippen LogP) is 3.93. The summed E-state index contributed by atoms with van der Waals surface area (Å²) in [6, 6.07) is 7.64. The molecule has 112 valence electrons. The molecule has 0 aliphatic carbocycles.